The first-order valence-electron chi connectivity index (χ1n) is 5.48. The summed E-state index contributed by atoms with van der Waals surface area (Å²) in [6.45, 7) is 3.32. The van der Waals surface area contributed by atoms with Crippen LogP contribution in [0.15, 0.2) is 16.8 Å². The summed E-state index contributed by atoms with van der Waals surface area (Å²) < 4.78 is 0. The predicted octanol–water partition coefficient (Wildman–Crippen LogP) is 1.93. The lowest BCUT2D eigenvalue weighted by Gasteiger charge is -2.23. The SMILES string of the molecule is c1cc(CNCCC2CSCCN2)cs1. The second kappa shape index (κ2) is 6.53. The van der Waals surface area contributed by atoms with Gasteiger partial charge in [0.15, 0.2) is 0 Å². The van der Waals surface area contributed by atoms with Crippen molar-refractivity contribution in [2.45, 2.75) is 19.0 Å². The Morgan fingerprint density at radius 2 is 2.53 bits per heavy atom. The van der Waals surface area contributed by atoms with E-state index in [1.165, 1.54) is 30.0 Å². The number of hydrogen-bond acceptors (Lipinski definition) is 4. The normalized spacial score (nSPS) is 21.7. The monoisotopic (exact) mass is 242 g/mol. The molecule has 2 nitrogen and oxygen atoms in total. The summed E-state index contributed by atoms with van der Waals surface area (Å²) in [5.74, 6) is 2.55. The van der Waals surface area contributed by atoms with E-state index < -0.39 is 0 Å². The van der Waals surface area contributed by atoms with Gasteiger partial charge < -0.3 is 10.6 Å². The van der Waals surface area contributed by atoms with E-state index in [1.54, 1.807) is 11.3 Å². The van der Waals surface area contributed by atoms with E-state index in [0.29, 0.717) is 0 Å². The van der Waals surface area contributed by atoms with Gasteiger partial charge in [-0.3, -0.25) is 0 Å². The van der Waals surface area contributed by atoms with Crippen molar-refractivity contribution < 1.29 is 0 Å². The van der Waals surface area contributed by atoms with Crippen LogP contribution in [0.4, 0.5) is 0 Å². The van der Waals surface area contributed by atoms with Gasteiger partial charge >= 0.3 is 0 Å². The first-order chi connectivity index (χ1) is 7.45. The van der Waals surface area contributed by atoms with Crippen LogP contribution in [-0.2, 0) is 6.54 Å². The highest BCUT2D eigenvalue weighted by Gasteiger charge is 2.11. The second-order valence-corrected chi connectivity index (χ2v) is 5.75. The molecule has 1 unspecified atom stereocenters. The maximum Gasteiger partial charge on any atom is 0.0213 e. The highest BCUT2D eigenvalue weighted by Crippen LogP contribution is 2.10. The summed E-state index contributed by atoms with van der Waals surface area (Å²) in [7, 11) is 0. The van der Waals surface area contributed by atoms with Gasteiger partial charge in [-0.15, -0.1) is 0 Å². The fourth-order valence-corrected chi connectivity index (χ4v) is 3.37. The van der Waals surface area contributed by atoms with Crippen molar-refractivity contribution in [3.63, 3.8) is 0 Å². The molecule has 0 saturated carbocycles. The van der Waals surface area contributed by atoms with Crippen LogP contribution < -0.4 is 10.6 Å². The van der Waals surface area contributed by atoms with Crippen LogP contribution in [0.1, 0.15) is 12.0 Å². The lowest BCUT2D eigenvalue weighted by Crippen LogP contribution is -2.39. The Kier molecular flexibility index (Phi) is 4.99. The Bertz CT molecular complexity index is 256. The molecule has 1 saturated heterocycles. The smallest absolute Gasteiger partial charge is 0.0213 e. The zero-order chi connectivity index (χ0) is 10.3. The summed E-state index contributed by atoms with van der Waals surface area (Å²) in [4.78, 5) is 0. The second-order valence-electron chi connectivity index (χ2n) is 3.82. The summed E-state index contributed by atoms with van der Waals surface area (Å²) in [5.41, 5.74) is 1.41. The summed E-state index contributed by atoms with van der Waals surface area (Å²) in [6.07, 6.45) is 1.25. The molecule has 1 aromatic rings. The van der Waals surface area contributed by atoms with E-state index in [9.17, 15) is 0 Å². The van der Waals surface area contributed by atoms with Crippen molar-refractivity contribution >= 4 is 23.1 Å². The molecule has 0 aliphatic carbocycles. The highest BCUT2D eigenvalue weighted by atomic mass is 32.2. The van der Waals surface area contributed by atoms with E-state index >= 15 is 0 Å². The molecular formula is C11H18N2S2. The zero-order valence-electron chi connectivity index (χ0n) is 8.87. The number of nitrogens with one attached hydrogen (secondary N) is 2. The van der Waals surface area contributed by atoms with Crippen molar-refractivity contribution in [1.82, 2.24) is 10.6 Å². The third-order valence-electron chi connectivity index (χ3n) is 2.58. The number of hydrogen-bond donors (Lipinski definition) is 2. The van der Waals surface area contributed by atoms with Crippen LogP contribution in [0.5, 0.6) is 0 Å². The van der Waals surface area contributed by atoms with Gasteiger partial charge in [-0.2, -0.15) is 23.1 Å². The summed E-state index contributed by atoms with van der Waals surface area (Å²) >= 11 is 3.84. The minimum atomic E-state index is 0.721. The fourth-order valence-electron chi connectivity index (χ4n) is 1.71. The molecule has 1 fully saturated rings. The van der Waals surface area contributed by atoms with E-state index in [2.05, 4.69) is 39.2 Å². The molecule has 2 heterocycles. The van der Waals surface area contributed by atoms with Gasteiger partial charge in [-0.05, 0) is 35.4 Å². The molecule has 1 aliphatic heterocycles. The van der Waals surface area contributed by atoms with E-state index in [-0.39, 0.29) is 0 Å². The Morgan fingerprint density at radius 3 is 3.27 bits per heavy atom. The van der Waals surface area contributed by atoms with Crippen LogP contribution >= 0.6 is 23.1 Å². The van der Waals surface area contributed by atoms with Crippen LogP contribution in [0.2, 0.25) is 0 Å². The average molecular weight is 242 g/mol. The zero-order valence-corrected chi connectivity index (χ0v) is 10.5. The topological polar surface area (TPSA) is 24.1 Å². The first-order valence-corrected chi connectivity index (χ1v) is 7.58. The van der Waals surface area contributed by atoms with Crippen LogP contribution in [-0.4, -0.2) is 30.6 Å². The lowest BCUT2D eigenvalue weighted by atomic mass is 10.2. The molecule has 0 aromatic carbocycles. The minimum Gasteiger partial charge on any atom is -0.313 e. The molecular weight excluding hydrogens is 224 g/mol. The third kappa shape index (κ3) is 4.15. The number of thiophene rings is 1. The Labute approximate surface area is 99.8 Å². The maximum atomic E-state index is 3.55. The van der Waals surface area contributed by atoms with E-state index in [1.807, 2.05) is 0 Å². The number of thioether (sulfide) groups is 1. The predicted molar refractivity (Wildman–Crippen MR) is 69.8 cm³/mol. The molecule has 2 N–H and O–H groups in total. The Hall–Kier alpha value is -0.0300. The molecule has 0 bridgehead atoms. The van der Waals surface area contributed by atoms with Gasteiger partial charge in [-0.1, -0.05) is 0 Å². The van der Waals surface area contributed by atoms with Gasteiger partial charge in [0.2, 0.25) is 0 Å². The molecule has 15 heavy (non-hydrogen) atoms. The summed E-state index contributed by atoms with van der Waals surface area (Å²) in [5, 5.41) is 11.4. The Balaban J connectivity index is 1.54. The molecule has 0 amide bonds. The quantitative estimate of drug-likeness (QED) is 0.772. The van der Waals surface area contributed by atoms with Gasteiger partial charge in [-0.25, -0.2) is 0 Å². The molecule has 1 aliphatic rings. The Morgan fingerprint density at radius 1 is 1.53 bits per heavy atom. The van der Waals surface area contributed by atoms with Gasteiger partial charge in [0, 0.05) is 30.6 Å². The highest BCUT2D eigenvalue weighted by molar-refractivity contribution is 7.99. The molecule has 0 spiro atoms. The van der Waals surface area contributed by atoms with E-state index in [4.69, 9.17) is 0 Å². The molecule has 1 atom stereocenters. The first kappa shape index (κ1) is 11.5. The summed E-state index contributed by atoms with van der Waals surface area (Å²) in [6, 6.07) is 2.91. The van der Waals surface area contributed by atoms with Crippen molar-refractivity contribution in [3.8, 4) is 0 Å². The van der Waals surface area contributed by atoms with Crippen molar-refractivity contribution in [2.24, 2.45) is 0 Å². The van der Waals surface area contributed by atoms with Gasteiger partial charge in [0.1, 0.15) is 0 Å². The van der Waals surface area contributed by atoms with Crippen molar-refractivity contribution in [1.29, 1.82) is 0 Å². The minimum absolute atomic E-state index is 0.721. The van der Waals surface area contributed by atoms with Gasteiger partial charge in [0.25, 0.3) is 0 Å². The molecule has 2 rings (SSSR count). The third-order valence-corrected chi connectivity index (χ3v) is 4.44. The van der Waals surface area contributed by atoms with Gasteiger partial charge in [0.05, 0.1) is 0 Å². The fraction of sp³-hybridized carbons (Fsp3) is 0.636. The molecule has 4 heteroatoms. The average Bonchev–Trinajstić information content (AvgIpc) is 2.79. The van der Waals surface area contributed by atoms with Crippen LogP contribution in [0, 0.1) is 0 Å². The van der Waals surface area contributed by atoms with Crippen molar-refractivity contribution in [2.75, 3.05) is 24.6 Å². The van der Waals surface area contributed by atoms with Crippen LogP contribution in [0.3, 0.4) is 0 Å². The van der Waals surface area contributed by atoms with Crippen molar-refractivity contribution in [3.05, 3.63) is 22.4 Å². The van der Waals surface area contributed by atoms with E-state index in [0.717, 1.165) is 19.1 Å². The molecule has 84 valence electrons. The largest absolute Gasteiger partial charge is 0.313 e. The number of rotatable bonds is 5. The molecule has 0 radical (unpaired) electrons. The standard InChI is InChI=1S/C11H18N2S2/c1(11-9-15-6-4-13-11)3-12-7-10-2-5-14-8-10/h2,5,8,11-13H,1,3-4,6-7,9H2. The lowest BCUT2D eigenvalue weighted by molar-refractivity contribution is 0.503. The maximum absolute atomic E-state index is 3.55. The van der Waals surface area contributed by atoms with Crippen LogP contribution in [0.25, 0.3) is 0 Å². The molecule has 1 aromatic heterocycles.